The fourth-order valence-corrected chi connectivity index (χ4v) is 5.95. The summed E-state index contributed by atoms with van der Waals surface area (Å²) in [5, 5.41) is 0. The molecule has 1 saturated heterocycles. The topological polar surface area (TPSA) is 58.2 Å². The predicted molar refractivity (Wildman–Crippen MR) is 57.4 cm³/mol. The third-order valence-corrected chi connectivity index (χ3v) is 6.59. The summed E-state index contributed by atoms with van der Waals surface area (Å²) in [6.45, 7) is 4.49. The average molecular weight is 230 g/mol. The van der Waals surface area contributed by atoms with Crippen LogP contribution in [0.25, 0.3) is 0 Å². The number of fused-ring (bicyclic) bond motifs is 1. The van der Waals surface area contributed by atoms with E-state index in [2.05, 4.69) is 24.1 Å². The Morgan fingerprint density at radius 3 is 2.73 bits per heavy atom. The Kier molecular flexibility index (Phi) is 1.73. The second-order valence-corrected chi connectivity index (χ2v) is 7.63. The minimum absolute atomic E-state index is 0.0260. The maximum Gasteiger partial charge on any atom is 0.224 e. The molecule has 0 radical (unpaired) electrons. The molecule has 1 spiro atoms. The molecule has 1 aliphatic heterocycles. The van der Waals surface area contributed by atoms with Crippen molar-refractivity contribution in [3.05, 3.63) is 0 Å². The molecule has 3 rings (SSSR count). The highest BCUT2D eigenvalue weighted by atomic mass is 32.2. The van der Waals surface area contributed by atoms with Crippen LogP contribution in [0.3, 0.4) is 0 Å². The molecule has 3 atom stereocenters. The van der Waals surface area contributed by atoms with E-state index in [1.165, 1.54) is 6.42 Å². The number of rotatable bonds is 0. The highest BCUT2D eigenvalue weighted by Crippen LogP contribution is 2.66. The SMILES string of the molecule is CC1(C)[C@@H]2CC[C@]13CS(=O)(=O)NN[C@@H]3C2. The van der Waals surface area contributed by atoms with Crippen molar-refractivity contribution in [3.63, 3.8) is 0 Å². The molecule has 2 bridgehead atoms. The van der Waals surface area contributed by atoms with Crippen LogP contribution in [0.5, 0.6) is 0 Å². The quantitative estimate of drug-likeness (QED) is 0.641. The fraction of sp³-hybridized carbons (Fsp3) is 1.00. The van der Waals surface area contributed by atoms with Gasteiger partial charge in [-0.2, -0.15) is 4.83 Å². The standard InChI is InChI=1S/C10H18N2O2S/c1-9(2)7-3-4-10(9)6-15(13,14)12-11-8(10)5-7/h7-8,11-12H,3-6H2,1-2H3/t7-,8-,10-/m1/s1. The second-order valence-electron chi connectivity index (χ2n) is 5.91. The van der Waals surface area contributed by atoms with Crippen molar-refractivity contribution in [1.82, 2.24) is 10.3 Å². The minimum Gasteiger partial charge on any atom is -0.240 e. The van der Waals surface area contributed by atoms with E-state index >= 15 is 0 Å². The van der Waals surface area contributed by atoms with Crippen molar-refractivity contribution in [2.75, 3.05) is 5.75 Å². The lowest BCUT2D eigenvalue weighted by molar-refractivity contribution is 0.112. The molecule has 15 heavy (non-hydrogen) atoms. The average Bonchev–Trinajstić information content (AvgIpc) is 2.47. The number of hydrazine groups is 1. The summed E-state index contributed by atoms with van der Waals surface area (Å²) in [4.78, 5) is 2.47. The lowest BCUT2D eigenvalue weighted by Crippen LogP contribution is -2.62. The Balaban J connectivity index is 2.08. The van der Waals surface area contributed by atoms with Gasteiger partial charge in [0.1, 0.15) is 0 Å². The summed E-state index contributed by atoms with van der Waals surface area (Å²) in [5.74, 6) is 0.992. The maximum atomic E-state index is 11.7. The van der Waals surface area contributed by atoms with Crippen molar-refractivity contribution in [1.29, 1.82) is 0 Å². The zero-order valence-electron chi connectivity index (χ0n) is 9.21. The molecule has 0 amide bonds. The van der Waals surface area contributed by atoms with E-state index in [0.717, 1.165) is 12.8 Å². The van der Waals surface area contributed by atoms with E-state index < -0.39 is 10.0 Å². The van der Waals surface area contributed by atoms with Gasteiger partial charge >= 0.3 is 0 Å². The van der Waals surface area contributed by atoms with Gasteiger partial charge in [0, 0.05) is 11.5 Å². The third-order valence-electron chi connectivity index (χ3n) is 5.27. The largest absolute Gasteiger partial charge is 0.240 e. The van der Waals surface area contributed by atoms with Crippen LogP contribution in [0.15, 0.2) is 0 Å². The fourth-order valence-electron chi connectivity index (χ4n) is 4.16. The van der Waals surface area contributed by atoms with Gasteiger partial charge in [-0.15, -0.1) is 0 Å². The van der Waals surface area contributed by atoms with Gasteiger partial charge in [0.2, 0.25) is 10.0 Å². The first-order chi connectivity index (χ1) is 6.87. The molecule has 3 aliphatic rings. The van der Waals surface area contributed by atoms with Crippen molar-refractivity contribution >= 4 is 10.0 Å². The molecule has 3 fully saturated rings. The van der Waals surface area contributed by atoms with Crippen LogP contribution >= 0.6 is 0 Å². The first-order valence-electron chi connectivity index (χ1n) is 5.62. The maximum absolute atomic E-state index is 11.7. The third kappa shape index (κ3) is 1.06. The molecule has 0 aromatic carbocycles. The van der Waals surface area contributed by atoms with Crippen molar-refractivity contribution in [2.45, 2.75) is 39.2 Å². The second kappa shape index (κ2) is 2.57. The van der Waals surface area contributed by atoms with Gasteiger partial charge < -0.3 is 0 Å². The van der Waals surface area contributed by atoms with Crippen LogP contribution in [0, 0.1) is 16.7 Å². The number of hydrogen-bond donors (Lipinski definition) is 2. The summed E-state index contributed by atoms with van der Waals surface area (Å²) in [6, 6.07) is 0.342. The van der Waals surface area contributed by atoms with Gasteiger partial charge in [0.15, 0.2) is 0 Å². The number of sulfonamides is 1. The number of nitrogens with one attached hydrogen (secondary N) is 2. The van der Waals surface area contributed by atoms with Crippen LogP contribution < -0.4 is 10.3 Å². The predicted octanol–water partition coefficient (Wildman–Crippen LogP) is 0.619. The molecule has 4 nitrogen and oxygen atoms in total. The summed E-state index contributed by atoms with van der Waals surface area (Å²) in [7, 11) is -3.11. The van der Waals surface area contributed by atoms with Gasteiger partial charge in [-0.25, -0.2) is 13.8 Å². The molecule has 2 saturated carbocycles. The van der Waals surface area contributed by atoms with Gasteiger partial charge in [0.05, 0.1) is 5.75 Å². The van der Waals surface area contributed by atoms with Crippen molar-refractivity contribution in [3.8, 4) is 0 Å². The monoisotopic (exact) mass is 230 g/mol. The Hall–Kier alpha value is -0.130. The normalized spacial score (nSPS) is 50.3. The van der Waals surface area contributed by atoms with Crippen LogP contribution in [0.4, 0.5) is 0 Å². The summed E-state index contributed by atoms with van der Waals surface area (Å²) in [5.41, 5.74) is 3.15. The van der Waals surface area contributed by atoms with E-state index in [1.807, 2.05) is 0 Å². The zero-order valence-corrected chi connectivity index (χ0v) is 10.0. The molecule has 2 N–H and O–H groups in total. The molecule has 1 heterocycles. The molecule has 5 heteroatoms. The molecule has 86 valence electrons. The Morgan fingerprint density at radius 1 is 1.33 bits per heavy atom. The zero-order chi connectivity index (χ0) is 10.9. The Morgan fingerprint density at radius 2 is 2.07 bits per heavy atom. The highest BCUT2D eigenvalue weighted by molar-refractivity contribution is 7.89. The van der Waals surface area contributed by atoms with Crippen LogP contribution in [-0.4, -0.2) is 20.2 Å². The first kappa shape index (κ1) is 10.1. The van der Waals surface area contributed by atoms with Gasteiger partial charge in [0.25, 0.3) is 0 Å². The van der Waals surface area contributed by atoms with E-state index in [-0.39, 0.29) is 10.8 Å². The van der Waals surface area contributed by atoms with Crippen LogP contribution in [0.2, 0.25) is 0 Å². The summed E-state index contributed by atoms with van der Waals surface area (Å²) >= 11 is 0. The van der Waals surface area contributed by atoms with Crippen LogP contribution in [-0.2, 0) is 10.0 Å². The van der Waals surface area contributed by atoms with Crippen molar-refractivity contribution < 1.29 is 8.42 Å². The number of hydrogen-bond acceptors (Lipinski definition) is 3. The molecule has 0 unspecified atom stereocenters. The molecule has 2 aliphatic carbocycles. The molecule has 0 aromatic heterocycles. The molecular weight excluding hydrogens is 212 g/mol. The highest BCUT2D eigenvalue weighted by Gasteiger charge is 2.66. The minimum atomic E-state index is -3.11. The van der Waals surface area contributed by atoms with Crippen LogP contribution in [0.1, 0.15) is 33.1 Å². The van der Waals surface area contributed by atoms with Gasteiger partial charge in [-0.05, 0) is 30.6 Å². The van der Waals surface area contributed by atoms with E-state index in [9.17, 15) is 8.42 Å². The summed E-state index contributed by atoms with van der Waals surface area (Å²) in [6.07, 6.45) is 3.37. The van der Waals surface area contributed by atoms with E-state index in [1.54, 1.807) is 0 Å². The van der Waals surface area contributed by atoms with E-state index in [4.69, 9.17) is 0 Å². The van der Waals surface area contributed by atoms with Gasteiger partial charge in [-0.1, -0.05) is 13.8 Å². The Bertz CT molecular complexity index is 404. The summed E-state index contributed by atoms with van der Waals surface area (Å²) < 4.78 is 23.4. The first-order valence-corrected chi connectivity index (χ1v) is 7.28. The van der Waals surface area contributed by atoms with Crippen molar-refractivity contribution in [2.24, 2.45) is 16.7 Å². The molecule has 0 aromatic rings. The van der Waals surface area contributed by atoms with Gasteiger partial charge in [-0.3, -0.25) is 0 Å². The Labute approximate surface area is 90.8 Å². The lowest BCUT2D eigenvalue weighted by Gasteiger charge is -2.45. The van der Waals surface area contributed by atoms with E-state index in [0.29, 0.717) is 17.7 Å². The molecular formula is C10H18N2O2S. The smallest absolute Gasteiger partial charge is 0.224 e. The lowest BCUT2D eigenvalue weighted by atomic mass is 9.69.